The molecule has 3 atom stereocenters. The Bertz CT molecular complexity index is 588. The number of β-amino-alcohol motifs (C(OH)–C–C–N with tert-alkyl or cyclic N) is 1. The predicted molar refractivity (Wildman–Crippen MR) is 82.5 cm³/mol. The summed E-state index contributed by atoms with van der Waals surface area (Å²) in [5, 5.41) is 12.6. The minimum absolute atomic E-state index is 0.0957. The second kappa shape index (κ2) is 7.36. The fraction of sp³-hybridized carbons (Fsp3) is 0.647. The summed E-state index contributed by atoms with van der Waals surface area (Å²) in [6, 6.07) is 1.46. The summed E-state index contributed by atoms with van der Waals surface area (Å²) in [4.78, 5) is 0. The van der Waals surface area contributed by atoms with Crippen molar-refractivity contribution in [3.63, 3.8) is 0 Å². The second-order valence-corrected chi connectivity index (χ2v) is 6.93. The van der Waals surface area contributed by atoms with Crippen molar-refractivity contribution in [3.8, 4) is 0 Å². The zero-order valence-corrected chi connectivity index (χ0v) is 14.3. The molecule has 1 aliphatic heterocycles. The van der Waals surface area contributed by atoms with Crippen LogP contribution in [-0.4, -0.2) is 29.9 Å². The molecule has 1 aromatic rings. The van der Waals surface area contributed by atoms with Gasteiger partial charge in [-0.15, -0.1) is 0 Å². The molecule has 0 amide bonds. The third kappa shape index (κ3) is 5.34. The highest BCUT2D eigenvalue weighted by Crippen LogP contribution is 2.38. The van der Waals surface area contributed by atoms with Gasteiger partial charge in [-0.05, 0) is 50.5 Å². The topological polar surface area (TPSA) is 41.5 Å². The summed E-state index contributed by atoms with van der Waals surface area (Å²) in [5.41, 5.74) is -3.40. The lowest BCUT2D eigenvalue weighted by molar-refractivity contribution is -0.143. The monoisotopic (exact) mass is 385 g/mol. The van der Waals surface area contributed by atoms with Crippen LogP contribution in [0.5, 0.6) is 0 Å². The van der Waals surface area contributed by atoms with E-state index in [0.29, 0.717) is 31.5 Å². The molecule has 3 nitrogen and oxygen atoms in total. The van der Waals surface area contributed by atoms with Crippen molar-refractivity contribution in [1.29, 1.82) is 0 Å². The van der Waals surface area contributed by atoms with Crippen molar-refractivity contribution < 1.29 is 36.2 Å². The summed E-state index contributed by atoms with van der Waals surface area (Å²) in [6.45, 7) is 3.70. The number of hydrogen-bond acceptors (Lipinski definition) is 3. The molecular weight excluding hydrogens is 364 g/mol. The maximum Gasteiger partial charge on any atom is 0.416 e. The zero-order chi connectivity index (χ0) is 19.8. The zero-order valence-electron chi connectivity index (χ0n) is 14.3. The summed E-state index contributed by atoms with van der Waals surface area (Å²) in [7, 11) is 0. The average molecular weight is 385 g/mol. The molecule has 148 valence electrons. The number of rotatable bonds is 4. The van der Waals surface area contributed by atoms with Crippen LogP contribution in [0.2, 0.25) is 0 Å². The van der Waals surface area contributed by atoms with Crippen molar-refractivity contribution >= 4 is 0 Å². The number of aliphatic hydroxyl groups is 1. The second-order valence-electron chi connectivity index (χ2n) is 6.93. The van der Waals surface area contributed by atoms with Gasteiger partial charge < -0.3 is 15.2 Å². The Morgan fingerprint density at radius 2 is 1.69 bits per heavy atom. The lowest BCUT2D eigenvalue weighted by atomic mass is 9.90. The number of nitrogens with one attached hydrogen (secondary N) is 1. The first kappa shape index (κ1) is 21.0. The number of benzene rings is 1. The van der Waals surface area contributed by atoms with Crippen LogP contribution < -0.4 is 5.32 Å². The van der Waals surface area contributed by atoms with E-state index in [-0.39, 0.29) is 18.2 Å². The third-order valence-electron chi connectivity index (χ3n) is 4.53. The SMILES string of the molecule is C[C@@H](OC[C@@]1(C)CCC(O)CN1)c1cc(C(F)(F)F)cc(C(F)(F)F)c1. The summed E-state index contributed by atoms with van der Waals surface area (Å²) >= 11 is 0. The summed E-state index contributed by atoms with van der Waals surface area (Å²) < 4.78 is 83.2. The van der Waals surface area contributed by atoms with Gasteiger partial charge in [-0.25, -0.2) is 0 Å². The normalized spacial score (nSPS) is 26.0. The first-order valence-corrected chi connectivity index (χ1v) is 8.14. The molecular formula is C17H21F6NO2. The molecule has 1 heterocycles. The van der Waals surface area contributed by atoms with Gasteiger partial charge in [0.1, 0.15) is 0 Å². The summed E-state index contributed by atoms with van der Waals surface area (Å²) in [5.74, 6) is 0. The molecule has 0 radical (unpaired) electrons. The highest BCUT2D eigenvalue weighted by atomic mass is 19.4. The van der Waals surface area contributed by atoms with E-state index in [9.17, 15) is 31.4 Å². The van der Waals surface area contributed by atoms with E-state index in [1.54, 1.807) is 0 Å². The van der Waals surface area contributed by atoms with Crippen LogP contribution in [0.15, 0.2) is 18.2 Å². The standard InChI is InChI=1S/C17H21F6NO2/c1-10(26-9-15(2)4-3-14(25)8-24-15)11-5-12(16(18,19)20)7-13(6-11)17(21,22)23/h5-7,10,14,24-25H,3-4,8-9H2,1-2H3/t10-,14?,15-/m1/s1. The third-order valence-corrected chi connectivity index (χ3v) is 4.53. The van der Waals surface area contributed by atoms with Gasteiger partial charge in [0.15, 0.2) is 0 Å². The van der Waals surface area contributed by atoms with Crippen molar-refractivity contribution in [2.24, 2.45) is 0 Å². The van der Waals surface area contributed by atoms with Gasteiger partial charge in [-0.1, -0.05) is 0 Å². The van der Waals surface area contributed by atoms with Crippen LogP contribution in [0.1, 0.15) is 49.5 Å². The molecule has 1 fully saturated rings. The Hall–Kier alpha value is -1.32. The first-order chi connectivity index (χ1) is 11.8. The first-order valence-electron chi connectivity index (χ1n) is 8.14. The predicted octanol–water partition coefficient (Wildman–Crippen LogP) is 4.30. The van der Waals surface area contributed by atoms with Gasteiger partial charge in [-0.3, -0.25) is 0 Å². The van der Waals surface area contributed by atoms with E-state index in [0.717, 1.165) is 0 Å². The maximum atomic E-state index is 12.9. The minimum Gasteiger partial charge on any atom is -0.392 e. The number of hydrogen-bond donors (Lipinski definition) is 2. The molecule has 0 bridgehead atoms. The van der Waals surface area contributed by atoms with Crippen LogP contribution in [0.4, 0.5) is 26.3 Å². The van der Waals surface area contributed by atoms with Crippen LogP contribution >= 0.6 is 0 Å². The van der Waals surface area contributed by atoms with Crippen molar-refractivity contribution in [2.75, 3.05) is 13.2 Å². The van der Waals surface area contributed by atoms with E-state index in [1.165, 1.54) is 6.92 Å². The van der Waals surface area contributed by atoms with Gasteiger partial charge in [0.2, 0.25) is 0 Å². The van der Waals surface area contributed by atoms with Gasteiger partial charge in [-0.2, -0.15) is 26.3 Å². The Kier molecular flexibility index (Phi) is 5.94. The highest BCUT2D eigenvalue weighted by Gasteiger charge is 2.37. The van der Waals surface area contributed by atoms with Gasteiger partial charge in [0, 0.05) is 12.1 Å². The van der Waals surface area contributed by atoms with Crippen LogP contribution in [0.3, 0.4) is 0 Å². The number of ether oxygens (including phenoxy) is 1. The van der Waals surface area contributed by atoms with Crippen molar-refractivity contribution in [3.05, 3.63) is 34.9 Å². The molecule has 0 spiro atoms. The molecule has 0 aromatic heterocycles. The number of alkyl halides is 6. The van der Waals surface area contributed by atoms with Crippen LogP contribution in [0, 0.1) is 0 Å². The Balaban J connectivity index is 2.18. The molecule has 26 heavy (non-hydrogen) atoms. The van der Waals surface area contributed by atoms with E-state index >= 15 is 0 Å². The molecule has 0 saturated carbocycles. The maximum absolute atomic E-state index is 12.9. The van der Waals surface area contributed by atoms with Gasteiger partial charge >= 0.3 is 12.4 Å². The average Bonchev–Trinajstić information content (AvgIpc) is 2.54. The molecule has 1 aliphatic rings. The van der Waals surface area contributed by atoms with Gasteiger partial charge in [0.25, 0.3) is 0 Å². The molecule has 2 rings (SSSR count). The van der Waals surface area contributed by atoms with E-state index < -0.39 is 41.2 Å². The molecule has 0 aliphatic carbocycles. The fourth-order valence-electron chi connectivity index (χ4n) is 2.78. The Morgan fingerprint density at radius 1 is 1.15 bits per heavy atom. The molecule has 1 saturated heterocycles. The minimum atomic E-state index is -4.89. The van der Waals surface area contributed by atoms with Crippen LogP contribution in [0.25, 0.3) is 0 Å². The van der Waals surface area contributed by atoms with E-state index in [2.05, 4.69) is 5.32 Å². The summed E-state index contributed by atoms with van der Waals surface area (Å²) in [6.07, 6.45) is -10.1. The molecule has 1 unspecified atom stereocenters. The lowest BCUT2D eigenvalue weighted by Crippen LogP contribution is -2.53. The van der Waals surface area contributed by atoms with E-state index in [1.807, 2.05) is 6.92 Å². The largest absolute Gasteiger partial charge is 0.416 e. The molecule has 2 N–H and O–H groups in total. The molecule has 1 aromatic carbocycles. The number of aliphatic hydroxyl groups excluding tert-OH is 1. The lowest BCUT2D eigenvalue weighted by Gasteiger charge is -2.37. The van der Waals surface area contributed by atoms with E-state index in [4.69, 9.17) is 4.74 Å². The van der Waals surface area contributed by atoms with Crippen molar-refractivity contribution in [2.45, 2.75) is 56.8 Å². The highest BCUT2D eigenvalue weighted by molar-refractivity contribution is 5.34. The molecule has 9 heteroatoms. The Morgan fingerprint density at radius 3 is 2.12 bits per heavy atom. The number of piperidine rings is 1. The van der Waals surface area contributed by atoms with Crippen molar-refractivity contribution in [1.82, 2.24) is 5.32 Å². The van der Waals surface area contributed by atoms with Gasteiger partial charge in [0.05, 0.1) is 29.9 Å². The number of halogens is 6. The smallest absolute Gasteiger partial charge is 0.392 e. The van der Waals surface area contributed by atoms with Crippen LogP contribution in [-0.2, 0) is 17.1 Å². The fourth-order valence-corrected chi connectivity index (χ4v) is 2.78. The quantitative estimate of drug-likeness (QED) is 0.760. The Labute approximate surface area is 147 Å².